The van der Waals surface area contributed by atoms with Crippen LogP contribution in [-0.2, 0) is 0 Å². The molecule has 3 nitrogen and oxygen atoms in total. The monoisotopic (exact) mass is 379 g/mol. The first-order chi connectivity index (χ1) is 12.4. The Hall–Kier alpha value is -0.120. The fraction of sp³-hybridized carbons (Fsp3) is 1.00. The zero-order valence-corrected chi connectivity index (χ0v) is 20.0. The van der Waals surface area contributed by atoms with E-state index in [2.05, 4.69) is 77.3 Å². The number of nitrogens with zero attached hydrogens (tertiary/aromatic N) is 3. The summed E-state index contributed by atoms with van der Waals surface area (Å²) < 4.78 is 0. The zero-order valence-electron chi connectivity index (χ0n) is 20.0. The van der Waals surface area contributed by atoms with Crippen molar-refractivity contribution in [3.8, 4) is 0 Å². The second-order valence-corrected chi connectivity index (χ2v) is 11.6. The normalized spacial score (nSPS) is 40.1. The Kier molecular flexibility index (Phi) is 7.84. The smallest absolute Gasteiger partial charge is 0.0168 e. The van der Waals surface area contributed by atoms with E-state index < -0.39 is 0 Å². The summed E-state index contributed by atoms with van der Waals surface area (Å²) in [7, 11) is 4.68. The van der Waals surface area contributed by atoms with Crippen LogP contribution in [0.2, 0.25) is 0 Å². The van der Waals surface area contributed by atoms with Crippen LogP contribution in [0.15, 0.2) is 0 Å². The third-order valence-corrected chi connectivity index (χ3v) is 8.05. The van der Waals surface area contributed by atoms with Crippen molar-refractivity contribution in [1.29, 1.82) is 0 Å². The largest absolute Gasteiger partial charge is 0.304 e. The van der Waals surface area contributed by atoms with Crippen LogP contribution in [0, 0.1) is 17.3 Å². The molecule has 2 heterocycles. The van der Waals surface area contributed by atoms with Crippen molar-refractivity contribution in [3.63, 3.8) is 0 Å². The summed E-state index contributed by atoms with van der Waals surface area (Å²) in [6, 6.07) is 1.31. The SMILES string of the molecule is CC1CCN(C)C(C)CC(C)(C)N2CCC1CC(C)(C)CC(C)N(C)CC2. The molecule has 0 spiro atoms. The molecule has 27 heavy (non-hydrogen) atoms. The van der Waals surface area contributed by atoms with E-state index in [0.29, 0.717) is 17.5 Å². The standard InChI is InChI=1S/C24H49N3/c1-19-10-12-25(8)21(3)17-24(6,7)27-13-11-22(19)18-23(4,5)16-20(2)26(9)14-15-27/h19-22H,10-18H2,1-9H3. The van der Waals surface area contributed by atoms with Crippen LogP contribution < -0.4 is 0 Å². The quantitative estimate of drug-likeness (QED) is 0.589. The first kappa shape index (κ1) is 23.2. The van der Waals surface area contributed by atoms with Crippen molar-refractivity contribution < 1.29 is 0 Å². The number of hydrogen-bond acceptors (Lipinski definition) is 3. The van der Waals surface area contributed by atoms with Gasteiger partial charge in [0.15, 0.2) is 0 Å². The van der Waals surface area contributed by atoms with Gasteiger partial charge in [-0.05, 0) is 104 Å². The molecule has 0 N–H and O–H groups in total. The molecule has 0 aliphatic carbocycles. The molecule has 5 atom stereocenters. The summed E-state index contributed by atoms with van der Waals surface area (Å²) in [5.41, 5.74) is 0.691. The van der Waals surface area contributed by atoms with Gasteiger partial charge in [0.25, 0.3) is 0 Å². The third-order valence-electron chi connectivity index (χ3n) is 8.05. The van der Waals surface area contributed by atoms with Crippen molar-refractivity contribution in [2.24, 2.45) is 17.3 Å². The molecule has 2 fully saturated rings. The topological polar surface area (TPSA) is 9.72 Å². The molecule has 0 radical (unpaired) electrons. The highest BCUT2D eigenvalue weighted by Crippen LogP contribution is 2.38. The second kappa shape index (κ2) is 9.13. The van der Waals surface area contributed by atoms with E-state index in [0.717, 1.165) is 11.8 Å². The Morgan fingerprint density at radius 3 is 1.93 bits per heavy atom. The Bertz CT molecular complexity index is 459. The maximum atomic E-state index is 2.82. The van der Waals surface area contributed by atoms with E-state index in [-0.39, 0.29) is 5.54 Å². The average Bonchev–Trinajstić information content (AvgIpc) is 2.57. The Morgan fingerprint density at radius 1 is 0.667 bits per heavy atom. The highest BCUT2D eigenvalue weighted by molar-refractivity contribution is 4.90. The van der Waals surface area contributed by atoms with Crippen LogP contribution in [0.1, 0.15) is 80.6 Å². The molecule has 0 aromatic heterocycles. The molecule has 0 saturated carbocycles. The van der Waals surface area contributed by atoms with Gasteiger partial charge >= 0.3 is 0 Å². The molecule has 2 saturated heterocycles. The van der Waals surface area contributed by atoms with E-state index in [1.165, 1.54) is 58.3 Å². The lowest BCUT2D eigenvalue weighted by Gasteiger charge is -2.43. The number of fused-ring (bicyclic) bond motifs is 3. The molecule has 5 unspecified atom stereocenters. The van der Waals surface area contributed by atoms with E-state index in [1.54, 1.807) is 0 Å². The lowest BCUT2D eigenvalue weighted by Crippen LogP contribution is -2.51. The van der Waals surface area contributed by atoms with Gasteiger partial charge in [0.05, 0.1) is 0 Å². The lowest BCUT2D eigenvalue weighted by atomic mass is 9.72. The summed E-state index contributed by atoms with van der Waals surface area (Å²) in [4.78, 5) is 8.05. The van der Waals surface area contributed by atoms with E-state index in [1.807, 2.05) is 0 Å². The van der Waals surface area contributed by atoms with Gasteiger partial charge in [-0.1, -0.05) is 20.8 Å². The van der Waals surface area contributed by atoms with Gasteiger partial charge in [-0.25, -0.2) is 0 Å². The summed E-state index contributed by atoms with van der Waals surface area (Å²) in [5, 5.41) is 0. The lowest BCUT2D eigenvalue weighted by molar-refractivity contribution is 0.0671. The van der Waals surface area contributed by atoms with Crippen LogP contribution in [0.25, 0.3) is 0 Å². The number of hydrogen-bond donors (Lipinski definition) is 0. The maximum absolute atomic E-state index is 2.82. The molecule has 160 valence electrons. The minimum atomic E-state index is 0.263. The molecule has 3 heteroatoms. The number of likely N-dealkylation sites (N-methyl/N-ethyl adjacent to an activating group) is 1. The Morgan fingerprint density at radius 2 is 1.26 bits per heavy atom. The van der Waals surface area contributed by atoms with Crippen LogP contribution >= 0.6 is 0 Å². The molecule has 2 aliphatic heterocycles. The highest BCUT2D eigenvalue weighted by Gasteiger charge is 2.35. The van der Waals surface area contributed by atoms with Crippen molar-refractivity contribution in [3.05, 3.63) is 0 Å². The molecule has 0 aromatic rings. The second-order valence-electron chi connectivity index (χ2n) is 11.6. The third kappa shape index (κ3) is 6.44. The van der Waals surface area contributed by atoms with Gasteiger partial charge in [-0.3, -0.25) is 4.90 Å². The van der Waals surface area contributed by atoms with Crippen molar-refractivity contribution in [1.82, 2.24) is 14.7 Å². The van der Waals surface area contributed by atoms with E-state index in [4.69, 9.17) is 0 Å². The van der Waals surface area contributed by atoms with Gasteiger partial charge in [0, 0.05) is 30.7 Å². The molecular formula is C24H49N3. The predicted octanol–water partition coefficient (Wildman–Crippen LogP) is 4.96. The van der Waals surface area contributed by atoms with Crippen molar-refractivity contribution >= 4 is 0 Å². The fourth-order valence-corrected chi connectivity index (χ4v) is 5.75. The first-order valence-corrected chi connectivity index (χ1v) is 11.6. The van der Waals surface area contributed by atoms with Crippen LogP contribution in [0.3, 0.4) is 0 Å². The average molecular weight is 380 g/mol. The maximum Gasteiger partial charge on any atom is 0.0168 e. The molecular weight excluding hydrogens is 330 g/mol. The summed E-state index contributed by atoms with van der Waals surface area (Å²) in [6.45, 7) is 22.3. The minimum Gasteiger partial charge on any atom is -0.304 e. The van der Waals surface area contributed by atoms with E-state index >= 15 is 0 Å². The highest BCUT2D eigenvalue weighted by atomic mass is 15.2. The van der Waals surface area contributed by atoms with Gasteiger partial charge < -0.3 is 9.80 Å². The van der Waals surface area contributed by atoms with Gasteiger partial charge in [0.1, 0.15) is 0 Å². The summed E-state index contributed by atoms with van der Waals surface area (Å²) in [6.07, 6.45) is 6.65. The first-order valence-electron chi connectivity index (χ1n) is 11.6. The van der Waals surface area contributed by atoms with E-state index in [9.17, 15) is 0 Å². The van der Waals surface area contributed by atoms with Crippen molar-refractivity contribution in [2.75, 3.05) is 40.3 Å². The minimum absolute atomic E-state index is 0.263. The molecule has 0 amide bonds. The fourth-order valence-electron chi connectivity index (χ4n) is 5.75. The summed E-state index contributed by atoms with van der Waals surface area (Å²) in [5.74, 6) is 1.66. The van der Waals surface area contributed by atoms with Gasteiger partial charge in [-0.2, -0.15) is 0 Å². The molecule has 0 aromatic carbocycles. The Balaban J connectivity index is 2.35. The zero-order chi connectivity index (χ0) is 20.4. The van der Waals surface area contributed by atoms with Crippen LogP contribution in [0.5, 0.6) is 0 Å². The Labute approximate surface area is 170 Å². The van der Waals surface area contributed by atoms with Gasteiger partial charge in [0.2, 0.25) is 0 Å². The van der Waals surface area contributed by atoms with Crippen LogP contribution in [0.4, 0.5) is 0 Å². The predicted molar refractivity (Wildman–Crippen MR) is 119 cm³/mol. The molecule has 2 bridgehead atoms. The molecule has 2 rings (SSSR count). The van der Waals surface area contributed by atoms with Crippen molar-refractivity contribution in [2.45, 2.75) is 98.2 Å². The summed E-state index contributed by atoms with van der Waals surface area (Å²) >= 11 is 0. The van der Waals surface area contributed by atoms with Gasteiger partial charge in [-0.15, -0.1) is 0 Å². The molecule has 2 aliphatic rings. The number of rotatable bonds is 0. The van der Waals surface area contributed by atoms with Crippen LogP contribution in [-0.4, -0.2) is 72.6 Å².